The number of anilines is 1. The van der Waals surface area contributed by atoms with Crippen LogP contribution in [0, 0.1) is 0 Å². The Morgan fingerprint density at radius 1 is 1.14 bits per heavy atom. The van der Waals surface area contributed by atoms with Crippen LogP contribution in [0.25, 0.3) is 5.95 Å². The van der Waals surface area contributed by atoms with Crippen molar-refractivity contribution in [1.29, 1.82) is 0 Å². The van der Waals surface area contributed by atoms with E-state index in [0.29, 0.717) is 15.8 Å². The molecule has 0 saturated heterocycles. The Kier molecular flexibility index (Phi) is 3.59. The average molecular weight is 323 g/mol. The van der Waals surface area contributed by atoms with Gasteiger partial charge in [-0.05, 0) is 18.2 Å². The van der Waals surface area contributed by atoms with Crippen molar-refractivity contribution in [3.63, 3.8) is 0 Å². The van der Waals surface area contributed by atoms with Crippen LogP contribution < -0.4 is 10.5 Å². The second-order valence-corrected chi connectivity index (χ2v) is 4.75. The summed E-state index contributed by atoms with van der Waals surface area (Å²) in [5.74, 6) is 0.561. The highest BCUT2D eigenvalue weighted by Crippen LogP contribution is 2.30. The largest absolute Gasteiger partial charge is 0.422 e. The van der Waals surface area contributed by atoms with E-state index >= 15 is 0 Å². The lowest BCUT2D eigenvalue weighted by Crippen LogP contribution is -2.08. The Balaban J connectivity index is 1.97. The van der Waals surface area contributed by atoms with Crippen molar-refractivity contribution < 1.29 is 4.74 Å². The molecule has 0 saturated carbocycles. The first-order valence-corrected chi connectivity index (χ1v) is 6.52. The second-order valence-electron chi connectivity index (χ2n) is 3.90. The zero-order valence-electron chi connectivity index (χ0n) is 10.4. The maximum absolute atomic E-state index is 6.02. The summed E-state index contributed by atoms with van der Waals surface area (Å²) in [6.45, 7) is 0. The Bertz CT molecular complexity index is 777. The zero-order valence-corrected chi connectivity index (χ0v) is 12.0. The molecule has 0 amide bonds. The lowest BCUT2D eigenvalue weighted by molar-refractivity contribution is 0.439. The molecule has 1 aromatic carbocycles. The number of hydrogen-bond donors (Lipinski definition) is 1. The van der Waals surface area contributed by atoms with Crippen LogP contribution in [0.3, 0.4) is 0 Å². The molecule has 0 bridgehead atoms. The first-order valence-electron chi connectivity index (χ1n) is 5.76. The molecular formula is C12H8Cl2N6O. The minimum atomic E-state index is -0.00262. The van der Waals surface area contributed by atoms with Gasteiger partial charge >= 0.3 is 6.01 Å². The van der Waals surface area contributed by atoms with Gasteiger partial charge in [-0.15, -0.1) is 0 Å². The van der Waals surface area contributed by atoms with Gasteiger partial charge in [-0.3, -0.25) is 0 Å². The monoisotopic (exact) mass is 322 g/mol. The molecule has 0 aliphatic heterocycles. The van der Waals surface area contributed by atoms with E-state index in [4.69, 9.17) is 33.7 Å². The van der Waals surface area contributed by atoms with E-state index in [-0.39, 0.29) is 17.9 Å². The van der Waals surface area contributed by atoms with E-state index in [1.54, 1.807) is 36.7 Å². The summed E-state index contributed by atoms with van der Waals surface area (Å²) in [5.41, 5.74) is 5.64. The summed E-state index contributed by atoms with van der Waals surface area (Å²) in [6.07, 6.45) is 3.26. The fraction of sp³-hybridized carbons (Fsp3) is 0. The van der Waals surface area contributed by atoms with Crippen LogP contribution in [0.5, 0.6) is 11.8 Å². The summed E-state index contributed by atoms with van der Waals surface area (Å²) in [5, 5.41) is 4.86. The maximum Gasteiger partial charge on any atom is 0.328 e. The molecule has 7 nitrogen and oxygen atoms in total. The minimum Gasteiger partial charge on any atom is -0.422 e. The van der Waals surface area contributed by atoms with Crippen molar-refractivity contribution in [3.05, 3.63) is 46.7 Å². The van der Waals surface area contributed by atoms with E-state index in [1.165, 1.54) is 4.68 Å². The van der Waals surface area contributed by atoms with Crippen molar-refractivity contribution in [2.75, 3.05) is 5.73 Å². The van der Waals surface area contributed by atoms with Crippen LogP contribution in [0.4, 0.5) is 5.95 Å². The van der Waals surface area contributed by atoms with Crippen molar-refractivity contribution in [3.8, 4) is 17.7 Å². The van der Waals surface area contributed by atoms with Crippen molar-refractivity contribution >= 4 is 29.2 Å². The van der Waals surface area contributed by atoms with Crippen molar-refractivity contribution in [2.24, 2.45) is 0 Å². The lowest BCUT2D eigenvalue weighted by Gasteiger charge is -2.07. The summed E-state index contributed by atoms with van der Waals surface area (Å²) in [7, 11) is 0. The molecule has 106 valence electrons. The molecule has 0 unspecified atom stereocenters. The molecular weight excluding hydrogens is 315 g/mol. The minimum absolute atomic E-state index is 0.00262. The number of nitrogen functional groups attached to an aromatic ring is 1. The van der Waals surface area contributed by atoms with Crippen LogP contribution in [-0.4, -0.2) is 24.7 Å². The van der Waals surface area contributed by atoms with E-state index < -0.39 is 0 Å². The molecule has 9 heteroatoms. The number of hydrogen-bond acceptors (Lipinski definition) is 6. The smallest absolute Gasteiger partial charge is 0.328 e. The number of nitrogens with two attached hydrogens (primary N) is 1. The Labute approximate surface area is 129 Å². The van der Waals surface area contributed by atoms with Crippen LogP contribution in [-0.2, 0) is 0 Å². The van der Waals surface area contributed by atoms with Crippen LogP contribution in [0.15, 0.2) is 36.7 Å². The van der Waals surface area contributed by atoms with Gasteiger partial charge in [-0.2, -0.15) is 20.1 Å². The molecule has 2 N–H and O–H groups in total. The van der Waals surface area contributed by atoms with Gasteiger partial charge in [0.05, 0.1) is 5.02 Å². The van der Waals surface area contributed by atoms with Gasteiger partial charge in [0.1, 0.15) is 0 Å². The third-order valence-corrected chi connectivity index (χ3v) is 2.97. The maximum atomic E-state index is 6.02. The third-order valence-electron chi connectivity index (χ3n) is 2.42. The lowest BCUT2D eigenvalue weighted by atomic mass is 10.3. The number of nitrogens with zero attached hydrogens (tertiary/aromatic N) is 5. The summed E-state index contributed by atoms with van der Waals surface area (Å²) < 4.78 is 6.94. The number of benzene rings is 1. The number of ether oxygens (including phenoxy) is 1. The Hall–Kier alpha value is -2.38. The first-order chi connectivity index (χ1) is 10.1. The molecule has 3 aromatic rings. The quantitative estimate of drug-likeness (QED) is 0.797. The molecule has 2 heterocycles. The molecule has 0 fully saturated rings. The normalized spacial score (nSPS) is 10.6. The van der Waals surface area contributed by atoms with Gasteiger partial charge in [-0.25, -0.2) is 4.68 Å². The first kappa shape index (κ1) is 13.6. The van der Waals surface area contributed by atoms with Gasteiger partial charge in [0.25, 0.3) is 5.95 Å². The van der Waals surface area contributed by atoms with Crippen LogP contribution in [0.1, 0.15) is 0 Å². The van der Waals surface area contributed by atoms with Gasteiger partial charge in [0.2, 0.25) is 5.95 Å². The fourth-order valence-corrected chi connectivity index (χ4v) is 1.87. The molecule has 0 aliphatic rings. The molecule has 2 aromatic heterocycles. The van der Waals surface area contributed by atoms with Gasteiger partial charge < -0.3 is 10.5 Å². The zero-order chi connectivity index (χ0) is 14.8. The molecule has 3 rings (SSSR count). The molecule has 0 spiro atoms. The van der Waals surface area contributed by atoms with E-state index in [2.05, 4.69) is 20.1 Å². The van der Waals surface area contributed by atoms with Gasteiger partial charge in [-0.1, -0.05) is 23.2 Å². The highest BCUT2D eigenvalue weighted by molar-refractivity contribution is 6.34. The Morgan fingerprint density at radius 2 is 2.00 bits per heavy atom. The SMILES string of the molecule is Nc1nc(Oc2cc(Cl)ccc2Cl)nc(-n2cccn2)n1. The molecule has 21 heavy (non-hydrogen) atoms. The number of aromatic nitrogens is 5. The summed E-state index contributed by atoms with van der Waals surface area (Å²) in [6, 6.07) is 6.54. The number of halogens is 2. The van der Waals surface area contributed by atoms with Crippen LogP contribution >= 0.6 is 23.2 Å². The predicted molar refractivity (Wildman–Crippen MR) is 77.9 cm³/mol. The van der Waals surface area contributed by atoms with Crippen LogP contribution in [0.2, 0.25) is 10.0 Å². The topological polar surface area (TPSA) is 91.7 Å². The third kappa shape index (κ3) is 3.04. The van der Waals surface area contributed by atoms with E-state index in [9.17, 15) is 0 Å². The molecule has 0 radical (unpaired) electrons. The Morgan fingerprint density at radius 3 is 2.76 bits per heavy atom. The van der Waals surface area contributed by atoms with E-state index in [1.807, 2.05) is 0 Å². The predicted octanol–water partition coefficient (Wildman–Crippen LogP) is 2.74. The standard InChI is InChI=1S/C12H8Cl2N6O/c13-7-2-3-8(14)9(6-7)21-12-18-10(15)17-11(19-12)20-5-1-4-16-20/h1-6H,(H2,15,17,18,19). The van der Waals surface area contributed by atoms with Gasteiger partial charge in [0.15, 0.2) is 5.75 Å². The highest BCUT2D eigenvalue weighted by Gasteiger charge is 2.11. The van der Waals surface area contributed by atoms with Crippen molar-refractivity contribution in [1.82, 2.24) is 24.7 Å². The summed E-state index contributed by atoms with van der Waals surface area (Å²) >= 11 is 11.9. The molecule has 0 atom stereocenters. The van der Waals surface area contributed by atoms with Crippen molar-refractivity contribution in [2.45, 2.75) is 0 Å². The second kappa shape index (κ2) is 5.55. The highest BCUT2D eigenvalue weighted by atomic mass is 35.5. The van der Waals surface area contributed by atoms with Gasteiger partial charge in [0, 0.05) is 23.5 Å². The number of rotatable bonds is 3. The average Bonchev–Trinajstić information content (AvgIpc) is 2.96. The fourth-order valence-electron chi connectivity index (χ4n) is 1.55. The summed E-state index contributed by atoms with van der Waals surface area (Å²) in [4.78, 5) is 12.0. The van der Waals surface area contributed by atoms with E-state index in [0.717, 1.165) is 0 Å². The molecule has 0 aliphatic carbocycles.